The Morgan fingerprint density at radius 2 is 1.75 bits per heavy atom. The molecule has 9 heteroatoms. The number of piperazine rings is 1. The van der Waals surface area contributed by atoms with Crippen molar-refractivity contribution in [2.45, 2.75) is 13.2 Å². The summed E-state index contributed by atoms with van der Waals surface area (Å²) >= 11 is 5.68. The molecule has 0 aliphatic carbocycles. The molecule has 0 bridgehead atoms. The molecule has 1 aliphatic heterocycles. The van der Waals surface area contributed by atoms with Gasteiger partial charge in [0.15, 0.2) is 10.6 Å². The molecule has 4 rings (SSSR count). The molecule has 0 saturated carbocycles. The van der Waals surface area contributed by atoms with E-state index in [1.165, 1.54) is 0 Å². The van der Waals surface area contributed by atoms with E-state index < -0.39 is 0 Å². The number of hydrogen-bond acceptors (Lipinski definition) is 7. The first-order valence-electron chi connectivity index (χ1n) is 9.20. The standard InChI is InChI=1S/C19H22N8S/c1-2-10-26-17(16-6-3-4-7-20-16)23-27(19(26)28)15-24-11-13-25(14-12-24)18-21-8-5-9-22-18/h2-9H,1,10-15H2. The van der Waals surface area contributed by atoms with Crippen LogP contribution >= 0.6 is 12.2 Å². The quantitative estimate of drug-likeness (QED) is 0.469. The fourth-order valence-electron chi connectivity index (χ4n) is 3.24. The highest BCUT2D eigenvalue weighted by Crippen LogP contribution is 2.17. The molecule has 4 heterocycles. The van der Waals surface area contributed by atoms with Crippen molar-refractivity contribution >= 4 is 18.2 Å². The third kappa shape index (κ3) is 3.85. The van der Waals surface area contributed by atoms with Crippen molar-refractivity contribution in [3.05, 3.63) is 60.3 Å². The third-order valence-electron chi connectivity index (χ3n) is 4.67. The Kier molecular flexibility index (Phi) is 5.54. The molecule has 144 valence electrons. The van der Waals surface area contributed by atoms with Crippen LogP contribution in [0.1, 0.15) is 0 Å². The van der Waals surface area contributed by atoms with Crippen LogP contribution in [0.15, 0.2) is 55.5 Å². The van der Waals surface area contributed by atoms with E-state index >= 15 is 0 Å². The lowest BCUT2D eigenvalue weighted by atomic mass is 10.3. The van der Waals surface area contributed by atoms with E-state index in [1.807, 2.05) is 39.6 Å². The van der Waals surface area contributed by atoms with Crippen LogP contribution in [-0.4, -0.2) is 60.4 Å². The predicted molar refractivity (Wildman–Crippen MR) is 110 cm³/mol. The van der Waals surface area contributed by atoms with Crippen molar-refractivity contribution in [2.75, 3.05) is 31.1 Å². The van der Waals surface area contributed by atoms with Gasteiger partial charge in [-0.15, -0.1) is 11.7 Å². The summed E-state index contributed by atoms with van der Waals surface area (Å²) in [4.78, 5) is 17.6. The summed E-state index contributed by atoms with van der Waals surface area (Å²) in [6.07, 6.45) is 7.15. The molecule has 0 unspecified atom stereocenters. The van der Waals surface area contributed by atoms with E-state index in [4.69, 9.17) is 17.3 Å². The zero-order valence-corrected chi connectivity index (χ0v) is 16.4. The maximum Gasteiger partial charge on any atom is 0.225 e. The predicted octanol–water partition coefficient (Wildman–Crippen LogP) is 2.23. The maximum atomic E-state index is 5.68. The van der Waals surface area contributed by atoms with Gasteiger partial charge in [0, 0.05) is 51.3 Å². The zero-order chi connectivity index (χ0) is 19.3. The van der Waals surface area contributed by atoms with Crippen molar-refractivity contribution in [1.82, 2.24) is 34.2 Å². The molecule has 28 heavy (non-hydrogen) atoms. The maximum absolute atomic E-state index is 5.68. The molecule has 0 aromatic carbocycles. The van der Waals surface area contributed by atoms with E-state index in [0.29, 0.717) is 18.0 Å². The number of aromatic nitrogens is 6. The second kappa shape index (κ2) is 8.41. The third-order valence-corrected chi connectivity index (χ3v) is 5.10. The molecule has 1 fully saturated rings. The van der Waals surface area contributed by atoms with Crippen LogP contribution in [-0.2, 0) is 13.2 Å². The first-order valence-corrected chi connectivity index (χ1v) is 9.61. The number of pyridine rings is 1. The SMILES string of the molecule is C=CCn1c(-c2ccccn2)nn(CN2CCN(c3ncccn3)CC2)c1=S. The zero-order valence-electron chi connectivity index (χ0n) is 15.6. The molecule has 8 nitrogen and oxygen atoms in total. The number of nitrogens with zero attached hydrogens (tertiary/aromatic N) is 8. The highest BCUT2D eigenvalue weighted by molar-refractivity contribution is 7.71. The van der Waals surface area contributed by atoms with Gasteiger partial charge < -0.3 is 4.90 Å². The average Bonchev–Trinajstić information content (AvgIpc) is 3.06. The molecule has 1 aliphatic rings. The summed E-state index contributed by atoms with van der Waals surface area (Å²) < 4.78 is 4.52. The summed E-state index contributed by atoms with van der Waals surface area (Å²) in [6, 6.07) is 7.62. The summed E-state index contributed by atoms with van der Waals surface area (Å²) in [7, 11) is 0. The minimum Gasteiger partial charge on any atom is -0.338 e. The van der Waals surface area contributed by atoms with Crippen LogP contribution in [0.5, 0.6) is 0 Å². The Bertz CT molecular complexity index is 974. The molecule has 0 N–H and O–H groups in total. The monoisotopic (exact) mass is 394 g/mol. The van der Waals surface area contributed by atoms with E-state index in [1.54, 1.807) is 18.6 Å². The first kappa shape index (κ1) is 18.5. The fourth-order valence-corrected chi connectivity index (χ4v) is 3.50. The number of rotatable bonds is 6. The fraction of sp³-hybridized carbons (Fsp3) is 0.316. The molecule has 3 aromatic rings. The Morgan fingerprint density at radius 1 is 1.00 bits per heavy atom. The van der Waals surface area contributed by atoms with Gasteiger partial charge in [0.1, 0.15) is 5.69 Å². The second-order valence-electron chi connectivity index (χ2n) is 6.52. The van der Waals surface area contributed by atoms with Crippen LogP contribution in [0.4, 0.5) is 5.95 Å². The highest BCUT2D eigenvalue weighted by atomic mass is 32.1. The van der Waals surface area contributed by atoms with Crippen molar-refractivity contribution in [1.29, 1.82) is 0 Å². The van der Waals surface area contributed by atoms with Gasteiger partial charge in [0.05, 0.1) is 6.67 Å². The van der Waals surface area contributed by atoms with Crippen molar-refractivity contribution in [2.24, 2.45) is 0 Å². The number of hydrogen-bond donors (Lipinski definition) is 0. The molecule has 3 aromatic heterocycles. The molecule has 0 spiro atoms. The van der Waals surface area contributed by atoms with Gasteiger partial charge in [-0.25, -0.2) is 14.6 Å². The van der Waals surface area contributed by atoms with Crippen LogP contribution in [0.25, 0.3) is 11.5 Å². The molecule has 0 radical (unpaired) electrons. The summed E-state index contributed by atoms with van der Waals surface area (Å²) in [5, 5.41) is 4.76. The Morgan fingerprint density at radius 3 is 2.43 bits per heavy atom. The average molecular weight is 395 g/mol. The van der Waals surface area contributed by atoms with E-state index in [2.05, 4.69) is 31.3 Å². The lowest BCUT2D eigenvalue weighted by Crippen LogP contribution is -2.47. The van der Waals surface area contributed by atoms with Crippen LogP contribution < -0.4 is 4.90 Å². The van der Waals surface area contributed by atoms with Crippen LogP contribution in [0, 0.1) is 4.77 Å². The number of anilines is 1. The van der Waals surface area contributed by atoms with Gasteiger partial charge >= 0.3 is 0 Å². The number of allylic oxidation sites excluding steroid dienone is 1. The molecular formula is C19H22N8S. The largest absolute Gasteiger partial charge is 0.338 e. The van der Waals surface area contributed by atoms with Gasteiger partial charge in [0.2, 0.25) is 5.95 Å². The second-order valence-corrected chi connectivity index (χ2v) is 6.88. The van der Waals surface area contributed by atoms with E-state index in [0.717, 1.165) is 43.6 Å². The molecular weight excluding hydrogens is 372 g/mol. The first-order chi connectivity index (χ1) is 13.8. The Labute approximate surface area is 168 Å². The molecule has 1 saturated heterocycles. The minimum atomic E-state index is 0.601. The Hall–Kier alpha value is -2.91. The van der Waals surface area contributed by atoms with E-state index in [-0.39, 0.29) is 0 Å². The van der Waals surface area contributed by atoms with E-state index in [9.17, 15) is 0 Å². The lowest BCUT2D eigenvalue weighted by molar-refractivity contribution is 0.193. The normalized spacial score (nSPS) is 14.9. The van der Waals surface area contributed by atoms with Gasteiger partial charge in [-0.2, -0.15) is 0 Å². The lowest BCUT2D eigenvalue weighted by Gasteiger charge is -2.34. The van der Waals surface area contributed by atoms with Crippen molar-refractivity contribution < 1.29 is 0 Å². The topological polar surface area (TPSA) is 67.9 Å². The van der Waals surface area contributed by atoms with Crippen LogP contribution in [0.3, 0.4) is 0 Å². The van der Waals surface area contributed by atoms with Crippen LogP contribution in [0.2, 0.25) is 0 Å². The van der Waals surface area contributed by atoms with Crippen molar-refractivity contribution in [3.63, 3.8) is 0 Å². The van der Waals surface area contributed by atoms with Gasteiger partial charge in [-0.1, -0.05) is 12.1 Å². The Balaban J connectivity index is 1.50. The van der Waals surface area contributed by atoms with Crippen molar-refractivity contribution in [3.8, 4) is 11.5 Å². The summed E-state index contributed by atoms with van der Waals surface area (Å²) in [6.45, 7) is 8.63. The van der Waals surface area contributed by atoms with Gasteiger partial charge in [-0.3, -0.25) is 14.5 Å². The molecule has 0 atom stereocenters. The van der Waals surface area contributed by atoms with Gasteiger partial charge in [0.25, 0.3) is 0 Å². The minimum absolute atomic E-state index is 0.601. The smallest absolute Gasteiger partial charge is 0.225 e. The summed E-state index contributed by atoms with van der Waals surface area (Å²) in [5.41, 5.74) is 0.806. The highest BCUT2D eigenvalue weighted by Gasteiger charge is 2.20. The van der Waals surface area contributed by atoms with Gasteiger partial charge in [-0.05, 0) is 30.4 Å². The molecule has 0 amide bonds. The summed E-state index contributed by atoms with van der Waals surface area (Å²) in [5.74, 6) is 1.55.